The summed E-state index contributed by atoms with van der Waals surface area (Å²) >= 11 is 0. The first-order valence-electron chi connectivity index (χ1n) is 7.10. The lowest BCUT2D eigenvalue weighted by atomic mass is 10.0. The molecule has 0 saturated carbocycles. The largest absolute Gasteiger partial charge is 0.414 e. The van der Waals surface area contributed by atoms with Gasteiger partial charge in [-0.05, 0) is 50.9 Å². The molecule has 2 fully saturated rings. The number of hydrogen-bond donors (Lipinski definition) is 0. The van der Waals surface area contributed by atoms with Gasteiger partial charge in [-0.15, -0.1) is 0 Å². The molecule has 2 nitrogen and oxygen atoms in total. The van der Waals surface area contributed by atoms with E-state index < -0.39 is 8.32 Å². The van der Waals surface area contributed by atoms with E-state index >= 15 is 0 Å². The van der Waals surface area contributed by atoms with E-state index in [1.54, 1.807) is 0 Å². The topological polar surface area (TPSA) is 12.5 Å². The molecule has 0 aliphatic carbocycles. The molecule has 2 aliphatic heterocycles. The van der Waals surface area contributed by atoms with Crippen LogP contribution < -0.4 is 0 Å². The quantitative estimate of drug-likeness (QED) is 0.699. The summed E-state index contributed by atoms with van der Waals surface area (Å²) in [6.07, 6.45) is 5.83. The fourth-order valence-corrected chi connectivity index (χ4v) is 4.43. The van der Waals surface area contributed by atoms with E-state index in [0.29, 0.717) is 11.1 Å². The molecule has 0 spiro atoms. The number of nitrogens with zero attached hydrogens (tertiary/aromatic N) is 1. The van der Waals surface area contributed by atoms with Crippen molar-refractivity contribution in [2.45, 2.75) is 82.8 Å². The maximum absolute atomic E-state index is 6.58. The van der Waals surface area contributed by atoms with Crippen LogP contribution in [0.2, 0.25) is 18.1 Å². The number of fused-ring (bicyclic) bond motifs is 2. The SMILES string of the molecule is CN1C2CCC1CC(O[Si](C)(C)C(C)(C)C)C2. The van der Waals surface area contributed by atoms with Gasteiger partial charge in [-0.3, -0.25) is 0 Å². The normalized spacial score (nSPS) is 35.3. The van der Waals surface area contributed by atoms with Crippen molar-refractivity contribution in [3.8, 4) is 0 Å². The lowest BCUT2D eigenvalue weighted by Gasteiger charge is -2.43. The zero-order valence-corrected chi connectivity index (χ0v) is 13.4. The summed E-state index contributed by atoms with van der Waals surface area (Å²) in [5, 5.41) is 0.343. The van der Waals surface area contributed by atoms with Crippen LogP contribution in [0.1, 0.15) is 46.5 Å². The zero-order chi connectivity index (χ0) is 12.8. The van der Waals surface area contributed by atoms with Gasteiger partial charge in [0, 0.05) is 18.2 Å². The Morgan fingerprint density at radius 3 is 1.94 bits per heavy atom. The van der Waals surface area contributed by atoms with E-state index in [1.165, 1.54) is 25.7 Å². The maximum atomic E-state index is 6.58. The van der Waals surface area contributed by atoms with E-state index in [-0.39, 0.29) is 0 Å². The molecule has 100 valence electrons. The van der Waals surface area contributed by atoms with Crippen molar-refractivity contribution in [2.75, 3.05) is 7.05 Å². The van der Waals surface area contributed by atoms with Gasteiger partial charge in [-0.2, -0.15) is 0 Å². The van der Waals surface area contributed by atoms with E-state index in [4.69, 9.17) is 4.43 Å². The smallest absolute Gasteiger partial charge is 0.192 e. The van der Waals surface area contributed by atoms with Crippen LogP contribution in [-0.2, 0) is 4.43 Å². The molecule has 0 aromatic carbocycles. The van der Waals surface area contributed by atoms with Crippen molar-refractivity contribution in [3.05, 3.63) is 0 Å². The third-order valence-corrected chi connectivity index (χ3v) is 9.86. The number of hydrogen-bond acceptors (Lipinski definition) is 2. The van der Waals surface area contributed by atoms with Gasteiger partial charge < -0.3 is 9.33 Å². The van der Waals surface area contributed by atoms with E-state index in [2.05, 4.69) is 45.8 Å². The van der Waals surface area contributed by atoms with Gasteiger partial charge in [-0.1, -0.05) is 20.8 Å². The monoisotopic (exact) mass is 255 g/mol. The average molecular weight is 255 g/mol. The summed E-state index contributed by atoms with van der Waals surface area (Å²) in [4.78, 5) is 2.59. The zero-order valence-electron chi connectivity index (χ0n) is 12.4. The van der Waals surface area contributed by atoms with Crippen molar-refractivity contribution >= 4 is 8.32 Å². The van der Waals surface area contributed by atoms with Gasteiger partial charge in [0.15, 0.2) is 8.32 Å². The highest BCUT2D eigenvalue weighted by Gasteiger charge is 2.44. The second kappa shape index (κ2) is 4.36. The van der Waals surface area contributed by atoms with Crippen LogP contribution >= 0.6 is 0 Å². The predicted molar refractivity (Wildman–Crippen MR) is 75.9 cm³/mol. The molecule has 0 amide bonds. The molecule has 0 aromatic heterocycles. The Morgan fingerprint density at radius 2 is 1.53 bits per heavy atom. The summed E-state index contributed by atoms with van der Waals surface area (Å²) in [6, 6.07) is 1.59. The molecule has 17 heavy (non-hydrogen) atoms. The van der Waals surface area contributed by atoms with Crippen LogP contribution in [0, 0.1) is 0 Å². The predicted octanol–water partition coefficient (Wildman–Crippen LogP) is 3.63. The van der Waals surface area contributed by atoms with Crippen LogP contribution in [0.25, 0.3) is 0 Å². The molecule has 2 bridgehead atoms. The average Bonchev–Trinajstić information content (AvgIpc) is 2.42. The first kappa shape index (κ1) is 13.6. The second-order valence-electron chi connectivity index (χ2n) is 7.52. The van der Waals surface area contributed by atoms with Crippen molar-refractivity contribution in [2.24, 2.45) is 0 Å². The Bertz CT molecular complexity index is 270. The minimum Gasteiger partial charge on any atom is -0.414 e. The lowest BCUT2D eigenvalue weighted by Crippen LogP contribution is -2.49. The Labute approximate surface area is 108 Å². The van der Waals surface area contributed by atoms with E-state index in [9.17, 15) is 0 Å². The Hall–Kier alpha value is 0.137. The van der Waals surface area contributed by atoms with Crippen LogP contribution in [0.4, 0.5) is 0 Å². The summed E-state index contributed by atoms with van der Waals surface area (Å²) in [6.45, 7) is 11.8. The van der Waals surface area contributed by atoms with Gasteiger partial charge in [0.05, 0.1) is 0 Å². The summed E-state index contributed by atoms with van der Waals surface area (Å²) < 4.78 is 6.58. The molecule has 2 rings (SSSR count). The van der Waals surface area contributed by atoms with Gasteiger partial charge >= 0.3 is 0 Å². The molecule has 0 radical (unpaired) electrons. The van der Waals surface area contributed by atoms with Crippen molar-refractivity contribution in [1.29, 1.82) is 0 Å². The first-order chi connectivity index (χ1) is 7.71. The third kappa shape index (κ3) is 2.61. The Kier molecular flexibility index (Phi) is 3.48. The Morgan fingerprint density at radius 1 is 1.06 bits per heavy atom. The van der Waals surface area contributed by atoms with Gasteiger partial charge in [-0.25, -0.2) is 0 Å². The highest BCUT2D eigenvalue weighted by atomic mass is 28.4. The molecular formula is C14H29NOSi. The molecular weight excluding hydrogens is 226 g/mol. The molecule has 2 aliphatic rings. The molecule has 3 heteroatoms. The molecule has 0 N–H and O–H groups in total. The molecule has 0 aromatic rings. The molecule has 2 heterocycles. The van der Waals surface area contributed by atoms with Gasteiger partial charge in [0.1, 0.15) is 0 Å². The fourth-order valence-electron chi connectivity index (χ4n) is 3.05. The summed E-state index contributed by atoms with van der Waals surface area (Å²) in [5.41, 5.74) is 0. The standard InChI is InChI=1S/C14H29NOSi/c1-14(2,3)17(5,6)16-13-9-11-7-8-12(10-13)15(11)4/h11-13H,7-10H2,1-6H3. The second-order valence-corrected chi connectivity index (χ2v) is 12.3. The van der Waals surface area contributed by atoms with Gasteiger partial charge in [0.2, 0.25) is 0 Å². The number of rotatable bonds is 2. The van der Waals surface area contributed by atoms with Crippen molar-refractivity contribution < 1.29 is 4.43 Å². The van der Waals surface area contributed by atoms with Crippen LogP contribution in [0.5, 0.6) is 0 Å². The highest BCUT2D eigenvalue weighted by Crippen LogP contribution is 2.41. The van der Waals surface area contributed by atoms with E-state index in [0.717, 1.165) is 12.1 Å². The lowest BCUT2D eigenvalue weighted by molar-refractivity contribution is 0.0573. The number of piperidine rings is 1. The minimum atomic E-state index is -1.56. The molecule has 2 saturated heterocycles. The first-order valence-corrected chi connectivity index (χ1v) is 10.0. The third-order valence-electron chi connectivity index (χ3n) is 5.32. The minimum absolute atomic E-state index is 0.343. The fraction of sp³-hybridized carbons (Fsp3) is 1.00. The highest BCUT2D eigenvalue weighted by molar-refractivity contribution is 6.74. The van der Waals surface area contributed by atoms with Crippen LogP contribution in [0.3, 0.4) is 0 Å². The van der Waals surface area contributed by atoms with Crippen molar-refractivity contribution in [3.63, 3.8) is 0 Å². The Balaban J connectivity index is 1.98. The van der Waals surface area contributed by atoms with Gasteiger partial charge in [0.25, 0.3) is 0 Å². The van der Waals surface area contributed by atoms with Crippen LogP contribution in [-0.4, -0.2) is 38.5 Å². The van der Waals surface area contributed by atoms with E-state index in [1.807, 2.05) is 0 Å². The molecule has 2 atom stereocenters. The van der Waals surface area contributed by atoms with Crippen LogP contribution in [0.15, 0.2) is 0 Å². The van der Waals surface area contributed by atoms with Crippen molar-refractivity contribution in [1.82, 2.24) is 4.90 Å². The maximum Gasteiger partial charge on any atom is 0.192 e. The molecule has 2 unspecified atom stereocenters. The summed E-state index contributed by atoms with van der Waals surface area (Å²) in [5.74, 6) is 0. The summed E-state index contributed by atoms with van der Waals surface area (Å²) in [7, 11) is 0.732.